The van der Waals surface area contributed by atoms with E-state index < -0.39 is 11.9 Å². The van der Waals surface area contributed by atoms with Gasteiger partial charge in [-0.25, -0.2) is 4.39 Å². The molecule has 0 spiro atoms. The summed E-state index contributed by atoms with van der Waals surface area (Å²) < 4.78 is 24.3. The monoisotopic (exact) mass is 296 g/mol. The maximum absolute atomic E-state index is 13.9. The normalized spacial score (nSPS) is 12.1. The number of ether oxygens (including phenoxy) is 2. The Morgan fingerprint density at radius 3 is 2.25 bits per heavy atom. The lowest BCUT2D eigenvalue weighted by Crippen LogP contribution is -2.07. The molecule has 5 heteroatoms. The molecule has 0 radical (unpaired) electrons. The van der Waals surface area contributed by atoms with Gasteiger partial charge < -0.3 is 14.6 Å². The molecule has 106 valence electrons. The predicted octanol–water partition coefficient (Wildman–Crippen LogP) is 3.58. The molecule has 1 unspecified atom stereocenters. The van der Waals surface area contributed by atoms with Crippen molar-refractivity contribution >= 4 is 11.6 Å². The van der Waals surface area contributed by atoms with Gasteiger partial charge >= 0.3 is 0 Å². The topological polar surface area (TPSA) is 38.7 Å². The van der Waals surface area contributed by atoms with Crippen LogP contribution in [-0.2, 0) is 0 Å². The Kier molecular flexibility index (Phi) is 4.47. The van der Waals surface area contributed by atoms with Gasteiger partial charge in [0, 0.05) is 10.6 Å². The zero-order valence-electron chi connectivity index (χ0n) is 11.1. The Hall–Kier alpha value is -1.78. The van der Waals surface area contributed by atoms with Crippen molar-refractivity contribution in [2.45, 2.75) is 6.10 Å². The summed E-state index contributed by atoms with van der Waals surface area (Å²) >= 11 is 5.86. The number of hydrogen-bond donors (Lipinski definition) is 1. The van der Waals surface area contributed by atoms with Crippen LogP contribution in [0.1, 0.15) is 17.2 Å². The molecule has 0 aromatic heterocycles. The van der Waals surface area contributed by atoms with Gasteiger partial charge in [-0.1, -0.05) is 17.7 Å². The van der Waals surface area contributed by atoms with Crippen molar-refractivity contribution in [3.63, 3.8) is 0 Å². The Labute approximate surface area is 121 Å². The predicted molar refractivity (Wildman–Crippen MR) is 75.0 cm³/mol. The molecule has 1 atom stereocenters. The molecule has 2 rings (SSSR count). The smallest absolute Gasteiger partial charge is 0.129 e. The van der Waals surface area contributed by atoms with Crippen LogP contribution in [-0.4, -0.2) is 19.3 Å². The van der Waals surface area contributed by atoms with Crippen LogP contribution < -0.4 is 9.47 Å². The number of hydrogen-bond acceptors (Lipinski definition) is 3. The zero-order valence-corrected chi connectivity index (χ0v) is 11.8. The van der Waals surface area contributed by atoms with Crippen molar-refractivity contribution in [1.82, 2.24) is 0 Å². The Balaban J connectivity index is 2.58. The maximum atomic E-state index is 13.9. The first kappa shape index (κ1) is 14.6. The van der Waals surface area contributed by atoms with Crippen LogP contribution >= 0.6 is 11.6 Å². The van der Waals surface area contributed by atoms with Crippen molar-refractivity contribution in [1.29, 1.82) is 0 Å². The SMILES string of the molecule is COc1cccc(OC)c1C(O)c1cc(Cl)ccc1F. The summed E-state index contributed by atoms with van der Waals surface area (Å²) in [4.78, 5) is 0. The summed E-state index contributed by atoms with van der Waals surface area (Å²) in [6.07, 6.45) is -1.24. The second kappa shape index (κ2) is 6.11. The van der Waals surface area contributed by atoms with E-state index in [1.54, 1.807) is 18.2 Å². The van der Waals surface area contributed by atoms with Crippen LogP contribution in [0, 0.1) is 5.82 Å². The Morgan fingerprint density at radius 1 is 1.10 bits per heavy atom. The second-order valence-corrected chi connectivity index (χ2v) is 4.58. The number of methoxy groups -OCH3 is 2. The van der Waals surface area contributed by atoms with Crippen LogP contribution in [0.25, 0.3) is 0 Å². The summed E-state index contributed by atoms with van der Waals surface area (Å²) in [5.74, 6) is 0.280. The van der Waals surface area contributed by atoms with Gasteiger partial charge in [-0.05, 0) is 30.3 Å². The third kappa shape index (κ3) is 2.71. The molecule has 0 saturated carbocycles. The maximum Gasteiger partial charge on any atom is 0.129 e. The van der Waals surface area contributed by atoms with Crippen molar-refractivity contribution in [3.8, 4) is 11.5 Å². The van der Waals surface area contributed by atoms with Gasteiger partial charge in [0.25, 0.3) is 0 Å². The molecule has 0 saturated heterocycles. The van der Waals surface area contributed by atoms with Crippen LogP contribution in [0.2, 0.25) is 5.02 Å². The Morgan fingerprint density at radius 2 is 1.70 bits per heavy atom. The summed E-state index contributed by atoms with van der Waals surface area (Å²) in [7, 11) is 2.94. The fraction of sp³-hybridized carbons (Fsp3) is 0.200. The van der Waals surface area contributed by atoms with Crippen LogP contribution in [0.5, 0.6) is 11.5 Å². The first-order valence-corrected chi connectivity index (χ1v) is 6.30. The summed E-state index contributed by atoms with van der Waals surface area (Å²) in [6, 6.07) is 9.08. The van der Waals surface area contributed by atoms with E-state index in [0.29, 0.717) is 22.1 Å². The summed E-state index contributed by atoms with van der Waals surface area (Å²) in [5.41, 5.74) is 0.430. The minimum atomic E-state index is -1.24. The lowest BCUT2D eigenvalue weighted by molar-refractivity contribution is 0.204. The number of aliphatic hydroxyl groups excluding tert-OH is 1. The third-order valence-electron chi connectivity index (χ3n) is 2.99. The highest BCUT2D eigenvalue weighted by molar-refractivity contribution is 6.30. The van der Waals surface area contributed by atoms with E-state index in [-0.39, 0.29) is 5.56 Å². The van der Waals surface area contributed by atoms with E-state index >= 15 is 0 Å². The molecule has 2 aromatic rings. The third-order valence-corrected chi connectivity index (χ3v) is 3.23. The lowest BCUT2D eigenvalue weighted by Gasteiger charge is -2.19. The first-order valence-electron chi connectivity index (χ1n) is 5.92. The highest BCUT2D eigenvalue weighted by Gasteiger charge is 2.23. The molecule has 0 heterocycles. The molecule has 0 aliphatic heterocycles. The molecule has 0 aliphatic rings. The minimum absolute atomic E-state index is 0.0697. The van der Waals surface area contributed by atoms with Gasteiger partial charge in [-0.15, -0.1) is 0 Å². The van der Waals surface area contributed by atoms with Gasteiger partial charge in [0.05, 0.1) is 19.8 Å². The van der Waals surface area contributed by atoms with E-state index in [4.69, 9.17) is 21.1 Å². The second-order valence-electron chi connectivity index (χ2n) is 4.14. The molecule has 20 heavy (non-hydrogen) atoms. The van der Waals surface area contributed by atoms with Crippen LogP contribution in [0.3, 0.4) is 0 Å². The van der Waals surface area contributed by atoms with Crippen molar-refractivity contribution in [2.75, 3.05) is 14.2 Å². The molecule has 0 amide bonds. The number of halogens is 2. The van der Waals surface area contributed by atoms with E-state index in [0.717, 1.165) is 0 Å². The number of aliphatic hydroxyl groups is 1. The molecule has 2 aromatic carbocycles. The lowest BCUT2D eigenvalue weighted by atomic mass is 9.99. The molecule has 0 bridgehead atoms. The average Bonchev–Trinajstić information content (AvgIpc) is 2.48. The number of rotatable bonds is 4. The van der Waals surface area contributed by atoms with Gasteiger partial charge in [0.15, 0.2) is 0 Å². The summed E-state index contributed by atoms with van der Waals surface area (Å²) in [5, 5.41) is 10.8. The minimum Gasteiger partial charge on any atom is -0.496 e. The standard InChI is InChI=1S/C15H14ClFO3/c1-19-12-4-3-5-13(20-2)14(12)15(18)10-8-9(16)6-7-11(10)17/h3-8,15,18H,1-2H3. The van der Waals surface area contributed by atoms with Crippen molar-refractivity contribution in [2.24, 2.45) is 0 Å². The summed E-state index contributed by atoms with van der Waals surface area (Å²) in [6.45, 7) is 0. The van der Waals surface area contributed by atoms with E-state index in [1.807, 2.05) is 0 Å². The Bertz CT molecular complexity index is 594. The van der Waals surface area contributed by atoms with Crippen LogP contribution in [0.15, 0.2) is 36.4 Å². The fourth-order valence-corrected chi connectivity index (χ4v) is 2.21. The highest BCUT2D eigenvalue weighted by atomic mass is 35.5. The molecular formula is C15H14ClFO3. The van der Waals surface area contributed by atoms with Crippen molar-refractivity contribution in [3.05, 3.63) is 58.4 Å². The van der Waals surface area contributed by atoms with Gasteiger partial charge in [0.1, 0.15) is 23.4 Å². The molecular weight excluding hydrogens is 283 g/mol. The number of benzene rings is 2. The zero-order chi connectivity index (χ0) is 14.7. The van der Waals surface area contributed by atoms with Gasteiger partial charge in [-0.2, -0.15) is 0 Å². The largest absolute Gasteiger partial charge is 0.496 e. The van der Waals surface area contributed by atoms with Crippen LogP contribution in [0.4, 0.5) is 4.39 Å². The molecule has 0 aliphatic carbocycles. The van der Waals surface area contributed by atoms with Crippen molar-refractivity contribution < 1.29 is 19.0 Å². The highest BCUT2D eigenvalue weighted by Crippen LogP contribution is 2.38. The van der Waals surface area contributed by atoms with E-state index in [9.17, 15) is 9.50 Å². The van der Waals surface area contributed by atoms with E-state index in [1.165, 1.54) is 32.4 Å². The molecule has 3 nitrogen and oxygen atoms in total. The molecule has 0 fully saturated rings. The average molecular weight is 297 g/mol. The molecule has 1 N–H and O–H groups in total. The first-order chi connectivity index (χ1) is 9.58. The quantitative estimate of drug-likeness (QED) is 0.937. The fourth-order valence-electron chi connectivity index (χ4n) is 2.03. The van der Waals surface area contributed by atoms with Gasteiger partial charge in [-0.3, -0.25) is 0 Å². The van der Waals surface area contributed by atoms with Gasteiger partial charge in [0.2, 0.25) is 0 Å². The van der Waals surface area contributed by atoms with E-state index in [2.05, 4.69) is 0 Å².